The lowest BCUT2D eigenvalue weighted by molar-refractivity contribution is -0.117. The van der Waals surface area contributed by atoms with Gasteiger partial charge in [0.2, 0.25) is 5.91 Å². The van der Waals surface area contributed by atoms with Gasteiger partial charge in [0.15, 0.2) is 5.13 Å². The van der Waals surface area contributed by atoms with E-state index in [1.165, 1.54) is 22.1 Å². The maximum atomic E-state index is 12.7. The predicted octanol–water partition coefficient (Wildman–Crippen LogP) is 3.64. The highest BCUT2D eigenvalue weighted by Gasteiger charge is 2.21. The summed E-state index contributed by atoms with van der Waals surface area (Å²) in [6.45, 7) is 7.87. The first-order chi connectivity index (χ1) is 15.4. The second kappa shape index (κ2) is 12.4. The van der Waals surface area contributed by atoms with Gasteiger partial charge in [-0.05, 0) is 27.0 Å². The van der Waals surface area contributed by atoms with Crippen molar-refractivity contribution >= 4 is 47.2 Å². The molecule has 1 fully saturated rings. The highest BCUT2D eigenvalue weighted by Crippen LogP contribution is 2.38. The van der Waals surface area contributed by atoms with Gasteiger partial charge in [-0.2, -0.15) is 5.10 Å². The summed E-state index contributed by atoms with van der Waals surface area (Å²) < 4.78 is 1.47. The fraction of sp³-hybridized carbons (Fsp3) is 0.391. The molecule has 1 saturated heterocycles. The number of hydrogen-bond donors (Lipinski definition) is 1. The third kappa shape index (κ3) is 6.64. The Morgan fingerprint density at radius 2 is 1.74 bits per heavy atom. The van der Waals surface area contributed by atoms with Gasteiger partial charge in [-0.1, -0.05) is 41.7 Å². The normalized spacial score (nSPS) is 14.4. The van der Waals surface area contributed by atoms with E-state index in [1.807, 2.05) is 44.2 Å². The Hall–Kier alpha value is -2.30. The van der Waals surface area contributed by atoms with Crippen LogP contribution in [-0.2, 0) is 4.79 Å². The van der Waals surface area contributed by atoms with Crippen LogP contribution in [0.4, 0.5) is 5.13 Å². The zero-order valence-electron chi connectivity index (χ0n) is 19.4. The molecule has 2 aromatic heterocycles. The van der Waals surface area contributed by atoms with Crippen molar-refractivity contribution in [3.63, 3.8) is 0 Å². The minimum absolute atomic E-state index is 0. The van der Waals surface area contributed by atoms with Gasteiger partial charge >= 0.3 is 0 Å². The highest BCUT2D eigenvalue weighted by molar-refractivity contribution is 7.19. The number of thiazole rings is 1. The Bertz CT molecular complexity index is 1140. The van der Waals surface area contributed by atoms with Crippen molar-refractivity contribution in [2.75, 3.05) is 45.1 Å². The molecule has 0 unspecified atom stereocenters. The fourth-order valence-corrected chi connectivity index (χ4v) is 4.59. The number of halogens is 2. The number of piperazine rings is 1. The summed E-state index contributed by atoms with van der Waals surface area (Å²) in [5.41, 5.74) is 2.19. The second-order valence-corrected chi connectivity index (χ2v) is 9.28. The molecular formula is C23H30Cl2N6O2S. The zero-order valence-corrected chi connectivity index (χ0v) is 21.9. The molecule has 0 radical (unpaired) electrons. The molecule has 1 aromatic carbocycles. The van der Waals surface area contributed by atoms with Crippen molar-refractivity contribution in [1.82, 2.24) is 24.6 Å². The molecule has 3 aromatic rings. The Morgan fingerprint density at radius 1 is 1.06 bits per heavy atom. The van der Waals surface area contributed by atoms with E-state index in [0.29, 0.717) is 17.4 Å². The van der Waals surface area contributed by atoms with E-state index in [9.17, 15) is 9.59 Å². The van der Waals surface area contributed by atoms with E-state index in [2.05, 4.69) is 27.3 Å². The van der Waals surface area contributed by atoms with Crippen molar-refractivity contribution in [3.05, 3.63) is 52.8 Å². The van der Waals surface area contributed by atoms with Gasteiger partial charge in [-0.25, -0.2) is 9.67 Å². The first-order valence-corrected chi connectivity index (χ1v) is 11.6. The van der Waals surface area contributed by atoms with E-state index < -0.39 is 0 Å². The van der Waals surface area contributed by atoms with Crippen LogP contribution < -0.4 is 10.9 Å². The third-order valence-electron chi connectivity index (χ3n) is 5.43. The summed E-state index contributed by atoms with van der Waals surface area (Å²) >= 11 is 1.38. The van der Waals surface area contributed by atoms with Gasteiger partial charge in [0.05, 0.1) is 23.2 Å². The maximum absolute atomic E-state index is 12.7. The van der Waals surface area contributed by atoms with Crippen molar-refractivity contribution in [2.45, 2.75) is 19.9 Å². The first kappa shape index (κ1) is 27.9. The lowest BCUT2D eigenvalue weighted by Gasteiger charge is -2.31. The smallest absolute Gasteiger partial charge is 0.267 e. The molecule has 0 spiro atoms. The second-order valence-electron chi connectivity index (χ2n) is 8.29. The molecule has 3 heterocycles. The minimum Gasteiger partial charge on any atom is -0.304 e. The number of nitrogens with one attached hydrogen (secondary N) is 1. The highest BCUT2D eigenvalue weighted by atomic mass is 35.5. The van der Waals surface area contributed by atoms with Gasteiger partial charge in [0, 0.05) is 37.8 Å². The van der Waals surface area contributed by atoms with E-state index in [-0.39, 0.29) is 42.3 Å². The number of aromatic nitrogens is 3. The summed E-state index contributed by atoms with van der Waals surface area (Å²) in [5, 5.41) is 8.07. The molecular weight excluding hydrogens is 495 g/mol. The molecule has 8 nitrogen and oxygen atoms in total. The largest absolute Gasteiger partial charge is 0.304 e. The average molecular weight is 526 g/mol. The lowest BCUT2D eigenvalue weighted by Crippen LogP contribution is -2.47. The van der Waals surface area contributed by atoms with Crippen molar-refractivity contribution < 1.29 is 4.79 Å². The number of carbonyl (C=O) groups excluding carboxylic acids is 1. The molecule has 0 atom stereocenters. The molecule has 1 N–H and O–H groups in total. The summed E-state index contributed by atoms with van der Waals surface area (Å²) in [7, 11) is 2.09. The van der Waals surface area contributed by atoms with Crippen LogP contribution in [0.1, 0.15) is 19.9 Å². The van der Waals surface area contributed by atoms with Crippen LogP contribution in [-0.4, -0.2) is 70.2 Å². The average Bonchev–Trinajstić information content (AvgIpc) is 3.19. The van der Waals surface area contributed by atoms with Crippen LogP contribution in [0.2, 0.25) is 0 Å². The maximum Gasteiger partial charge on any atom is 0.267 e. The van der Waals surface area contributed by atoms with Crippen molar-refractivity contribution in [1.29, 1.82) is 0 Å². The molecule has 4 rings (SSSR count). The van der Waals surface area contributed by atoms with Crippen LogP contribution in [0.15, 0.2) is 47.3 Å². The molecule has 1 aliphatic rings. The van der Waals surface area contributed by atoms with Gasteiger partial charge in [0.25, 0.3) is 5.56 Å². The van der Waals surface area contributed by atoms with Crippen LogP contribution in [0.3, 0.4) is 0 Å². The number of anilines is 1. The number of carbonyl (C=O) groups is 1. The number of rotatable bonds is 6. The Morgan fingerprint density at radius 3 is 2.38 bits per heavy atom. The van der Waals surface area contributed by atoms with Gasteiger partial charge in [-0.3, -0.25) is 14.5 Å². The topological polar surface area (TPSA) is 83.4 Å². The molecule has 11 heteroatoms. The van der Waals surface area contributed by atoms with Gasteiger partial charge < -0.3 is 10.2 Å². The Kier molecular flexibility index (Phi) is 10.2. The van der Waals surface area contributed by atoms with Gasteiger partial charge in [0.1, 0.15) is 5.69 Å². The summed E-state index contributed by atoms with van der Waals surface area (Å²) in [6, 6.07) is 13.0. The van der Waals surface area contributed by atoms with E-state index >= 15 is 0 Å². The van der Waals surface area contributed by atoms with E-state index in [1.54, 1.807) is 6.07 Å². The van der Waals surface area contributed by atoms with Crippen molar-refractivity contribution in [3.8, 4) is 21.8 Å². The Labute approximate surface area is 215 Å². The SMILES string of the molecule is CC(C)n1nc(-c2sc(NC(=O)CN3CCN(C)CC3)nc2-c2ccccc2)ccc1=O.Cl.Cl. The standard InChI is InChI=1S/C23H28N6O2S.2ClH/c1-16(2)29-20(31)10-9-18(26-29)22-21(17-7-5-4-6-8-17)25-23(32-22)24-19(30)15-28-13-11-27(3)12-14-28;;/h4-10,16H,11-15H2,1-3H3,(H,24,25,30);2*1H. The minimum atomic E-state index is -0.143. The number of hydrogen-bond acceptors (Lipinski definition) is 7. The predicted molar refractivity (Wildman–Crippen MR) is 142 cm³/mol. The van der Waals surface area contributed by atoms with E-state index in [4.69, 9.17) is 4.98 Å². The van der Waals surface area contributed by atoms with E-state index in [0.717, 1.165) is 42.3 Å². The fourth-order valence-electron chi connectivity index (χ4n) is 3.62. The first-order valence-electron chi connectivity index (χ1n) is 10.8. The van der Waals surface area contributed by atoms with Crippen LogP contribution in [0.25, 0.3) is 21.8 Å². The third-order valence-corrected chi connectivity index (χ3v) is 6.42. The molecule has 0 aliphatic carbocycles. The molecule has 1 amide bonds. The molecule has 184 valence electrons. The number of nitrogens with zero attached hydrogens (tertiary/aromatic N) is 5. The van der Waals surface area contributed by atoms with Crippen LogP contribution in [0, 0.1) is 0 Å². The number of benzene rings is 1. The molecule has 0 saturated carbocycles. The van der Waals surface area contributed by atoms with Gasteiger partial charge in [-0.15, -0.1) is 24.8 Å². The summed E-state index contributed by atoms with van der Waals surface area (Å²) in [4.78, 5) is 34.8. The summed E-state index contributed by atoms with van der Waals surface area (Å²) in [5.74, 6) is -0.0745. The molecule has 0 bridgehead atoms. The lowest BCUT2D eigenvalue weighted by atomic mass is 10.1. The summed E-state index contributed by atoms with van der Waals surface area (Å²) in [6.07, 6.45) is 0. The van der Waals surface area contributed by atoms with Crippen LogP contribution in [0.5, 0.6) is 0 Å². The quantitative estimate of drug-likeness (QED) is 0.529. The number of likely N-dealkylation sites (N-methyl/N-ethyl adjacent to an activating group) is 1. The Balaban J connectivity index is 0.00000204. The van der Waals surface area contributed by atoms with Crippen molar-refractivity contribution in [2.24, 2.45) is 0 Å². The number of amides is 1. The van der Waals surface area contributed by atoms with Crippen LogP contribution >= 0.6 is 36.2 Å². The monoisotopic (exact) mass is 524 g/mol. The molecule has 34 heavy (non-hydrogen) atoms. The zero-order chi connectivity index (χ0) is 22.7. The molecule has 1 aliphatic heterocycles.